The van der Waals surface area contributed by atoms with Gasteiger partial charge in [-0.3, -0.25) is 4.90 Å². The van der Waals surface area contributed by atoms with Gasteiger partial charge in [0.05, 0.1) is 0 Å². The van der Waals surface area contributed by atoms with Crippen LogP contribution in [0.25, 0.3) is 0 Å². The van der Waals surface area contributed by atoms with Crippen LogP contribution in [0.1, 0.15) is 32.3 Å². The molecule has 0 bridgehead atoms. The minimum atomic E-state index is 0.0316. The van der Waals surface area contributed by atoms with E-state index in [2.05, 4.69) is 48.0 Å². The first kappa shape index (κ1) is 17.1. The van der Waals surface area contributed by atoms with Crippen LogP contribution < -0.4 is 10.2 Å². The van der Waals surface area contributed by atoms with Crippen LogP contribution in [0.15, 0.2) is 18.2 Å². The van der Waals surface area contributed by atoms with Gasteiger partial charge >= 0.3 is 6.03 Å². The van der Waals surface area contributed by atoms with E-state index in [1.807, 2.05) is 11.0 Å². The van der Waals surface area contributed by atoms with Crippen molar-refractivity contribution in [2.75, 3.05) is 49.5 Å². The van der Waals surface area contributed by atoms with Crippen molar-refractivity contribution in [3.63, 3.8) is 0 Å². The highest BCUT2D eigenvalue weighted by atomic mass is 16.2. The number of aryl methyl sites for hydroxylation is 1. The molecule has 3 rings (SSSR count). The van der Waals surface area contributed by atoms with E-state index in [1.165, 1.54) is 18.5 Å². The molecule has 0 radical (unpaired) electrons. The summed E-state index contributed by atoms with van der Waals surface area (Å²) in [5.74, 6) is 0. The lowest BCUT2D eigenvalue weighted by atomic mass is 10.1. The van der Waals surface area contributed by atoms with Crippen LogP contribution in [0.2, 0.25) is 0 Å². The lowest BCUT2D eigenvalue weighted by Gasteiger charge is -2.34. The molecule has 0 spiro atoms. The maximum atomic E-state index is 12.5. The van der Waals surface area contributed by atoms with Gasteiger partial charge in [-0.25, -0.2) is 4.79 Å². The van der Waals surface area contributed by atoms with E-state index in [1.54, 1.807) is 0 Å². The zero-order valence-corrected chi connectivity index (χ0v) is 15.2. The van der Waals surface area contributed by atoms with Crippen molar-refractivity contribution in [2.24, 2.45) is 0 Å². The van der Waals surface area contributed by atoms with Gasteiger partial charge in [0, 0.05) is 56.7 Å². The average Bonchev–Trinajstić information content (AvgIpc) is 3.43. The van der Waals surface area contributed by atoms with Gasteiger partial charge in [0.25, 0.3) is 0 Å². The highest BCUT2D eigenvalue weighted by molar-refractivity contribution is 5.90. The topological polar surface area (TPSA) is 38.8 Å². The number of piperazine rings is 1. The van der Waals surface area contributed by atoms with Crippen LogP contribution in [0.4, 0.5) is 16.2 Å². The van der Waals surface area contributed by atoms with E-state index < -0.39 is 0 Å². The second-order valence-corrected chi connectivity index (χ2v) is 6.86. The summed E-state index contributed by atoms with van der Waals surface area (Å²) in [6, 6.07) is 7.12. The Morgan fingerprint density at radius 1 is 1.17 bits per heavy atom. The molecule has 2 amide bonds. The molecule has 1 saturated heterocycles. The van der Waals surface area contributed by atoms with Crippen LogP contribution in [-0.2, 0) is 0 Å². The first-order valence-corrected chi connectivity index (χ1v) is 9.28. The molecule has 1 aliphatic heterocycles. The van der Waals surface area contributed by atoms with E-state index in [4.69, 9.17) is 0 Å². The number of carbonyl (C=O) groups is 1. The van der Waals surface area contributed by atoms with Crippen LogP contribution in [-0.4, -0.2) is 61.1 Å². The summed E-state index contributed by atoms with van der Waals surface area (Å²) in [4.78, 5) is 19.3. The van der Waals surface area contributed by atoms with Crippen molar-refractivity contribution < 1.29 is 4.79 Å². The molecule has 132 valence electrons. The molecular weight excluding hydrogens is 300 g/mol. The first-order valence-electron chi connectivity index (χ1n) is 9.28. The Balaban J connectivity index is 1.58. The highest BCUT2D eigenvalue weighted by Crippen LogP contribution is 2.28. The minimum Gasteiger partial charge on any atom is -0.372 e. The first-order chi connectivity index (χ1) is 11.6. The molecule has 1 N–H and O–H groups in total. The van der Waals surface area contributed by atoms with Gasteiger partial charge in [0.15, 0.2) is 0 Å². The molecule has 2 aliphatic rings. The molecule has 1 aromatic carbocycles. The van der Waals surface area contributed by atoms with Crippen LogP contribution >= 0.6 is 0 Å². The number of nitrogens with zero attached hydrogens (tertiary/aromatic N) is 3. The predicted molar refractivity (Wildman–Crippen MR) is 99.9 cm³/mol. The summed E-state index contributed by atoms with van der Waals surface area (Å²) < 4.78 is 0. The van der Waals surface area contributed by atoms with E-state index in [0.29, 0.717) is 0 Å². The fourth-order valence-electron chi connectivity index (χ4n) is 3.50. The number of nitrogens with one attached hydrogen (secondary N) is 1. The normalized spacial score (nSPS) is 18.5. The molecule has 0 unspecified atom stereocenters. The molecular formula is C19H30N4O. The summed E-state index contributed by atoms with van der Waals surface area (Å²) in [5.41, 5.74) is 3.25. The van der Waals surface area contributed by atoms with Gasteiger partial charge in [0.1, 0.15) is 0 Å². The van der Waals surface area contributed by atoms with Gasteiger partial charge in [-0.05, 0) is 57.4 Å². The largest absolute Gasteiger partial charge is 0.372 e. The fraction of sp³-hybridized carbons (Fsp3) is 0.632. The predicted octanol–water partition coefficient (Wildman–Crippen LogP) is 3.15. The van der Waals surface area contributed by atoms with Gasteiger partial charge in [-0.15, -0.1) is 0 Å². The molecule has 5 heteroatoms. The molecule has 1 aromatic rings. The molecule has 1 aliphatic carbocycles. The van der Waals surface area contributed by atoms with E-state index >= 15 is 0 Å². The second kappa shape index (κ2) is 7.43. The summed E-state index contributed by atoms with van der Waals surface area (Å²) in [6.07, 6.45) is 2.68. The number of anilines is 2. The van der Waals surface area contributed by atoms with Crippen molar-refractivity contribution >= 4 is 17.4 Å². The van der Waals surface area contributed by atoms with Crippen molar-refractivity contribution in [1.29, 1.82) is 0 Å². The second-order valence-electron chi connectivity index (χ2n) is 6.86. The molecule has 5 nitrogen and oxygen atoms in total. The lowest BCUT2D eigenvalue weighted by Crippen LogP contribution is -2.50. The number of amides is 2. The van der Waals surface area contributed by atoms with Crippen LogP contribution in [0.5, 0.6) is 0 Å². The van der Waals surface area contributed by atoms with Crippen LogP contribution in [0.3, 0.4) is 0 Å². The maximum Gasteiger partial charge on any atom is 0.321 e. The molecule has 2 fully saturated rings. The highest BCUT2D eigenvalue weighted by Gasteiger charge is 2.32. The summed E-state index contributed by atoms with van der Waals surface area (Å²) >= 11 is 0. The average molecular weight is 330 g/mol. The quantitative estimate of drug-likeness (QED) is 0.901. The summed E-state index contributed by atoms with van der Waals surface area (Å²) in [6.45, 7) is 12.1. The van der Waals surface area contributed by atoms with E-state index in [9.17, 15) is 4.79 Å². The molecule has 0 atom stereocenters. The third-order valence-electron chi connectivity index (χ3n) is 5.24. The van der Waals surface area contributed by atoms with E-state index in [0.717, 1.165) is 56.6 Å². The number of carbonyl (C=O) groups excluding carboxylic acids is 1. The van der Waals surface area contributed by atoms with E-state index in [-0.39, 0.29) is 6.03 Å². The van der Waals surface area contributed by atoms with Crippen molar-refractivity contribution in [1.82, 2.24) is 9.80 Å². The SMILES string of the molecule is CCN(CC)c1ccc(NC(=O)N2CCN(C3CC3)CC2)c(C)c1. The number of rotatable bonds is 5. The summed E-state index contributed by atoms with van der Waals surface area (Å²) in [5, 5.41) is 3.09. The Morgan fingerprint density at radius 3 is 2.38 bits per heavy atom. The zero-order valence-electron chi connectivity index (χ0n) is 15.2. The molecule has 1 saturated carbocycles. The molecule has 1 heterocycles. The fourth-order valence-corrected chi connectivity index (χ4v) is 3.50. The number of hydrogen-bond donors (Lipinski definition) is 1. The summed E-state index contributed by atoms with van der Waals surface area (Å²) in [7, 11) is 0. The monoisotopic (exact) mass is 330 g/mol. The lowest BCUT2D eigenvalue weighted by molar-refractivity contribution is 0.142. The number of benzene rings is 1. The Morgan fingerprint density at radius 2 is 1.83 bits per heavy atom. The molecule has 24 heavy (non-hydrogen) atoms. The Bertz CT molecular complexity index is 573. The van der Waals surface area contributed by atoms with Crippen molar-refractivity contribution in [3.05, 3.63) is 23.8 Å². The smallest absolute Gasteiger partial charge is 0.321 e. The molecule has 0 aromatic heterocycles. The Labute approximate surface area is 145 Å². The standard InChI is InChI=1S/C19H30N4O/c1-4-21(5-2)17-8-9-18(15(3)14-17)20-19(24)23-12-10-22(11-13-23)16-6-7-16/h8-9,14,16H,4-7,10-13H2,1-3H3,(H,20,24). The number of urea groups is 1. The van der Waals surface area contributed by atoms with Crippen molar-refractivity contribution in [3.8, 4) is 0 Å². The zero-order chi connectivity index (χ0) is 17.1. The van der Waals surface area contributed by atoms with Gasteiger partial charge in [-0.1, -0.05) is 0 Å². The third kappa shape index (κ3) is 3.83. The maximum absolute atomic E-state index is 12.5. The van der Waals surface area contributed by atoms with Crippen LogP contribution in [0, 0.1) is 6.92 Å². The number of hydrogen-bond acceptors (Lipinski definition) is 3. The Kier molecular flexibility index (Phi) is 5.29. The van der Waals surface area contributed by atoms with Crippen molar-refractivity contribution in [2.45, 2.75) is 39.7 Å². The third-order valence-corrected chi connectivity index (χ3v) is 5.24. The Hall–Kier alpha value is -1.75. The van der Waals surface area contributed by atoms with Gasteiger partial charge < -0.3 is 15.1 Å². The minimum absolute atomic E-state index is 0.0316. The van der Waals surface area contributed by atoms with Gasteiger partial charge in [-0.2, -0.15) is 0 Å². The van der Waals surface area contributed by atoms with Gasteiger partial charge in [0.2, 0.25) is 0 Å².